The maximum Gasteiger partial charge on any atom is 0.220 e. The lowest BCUT2D eigenvalue weighted by molar-refractivity contribution is -0.124. The predicted molar refractivity (Wildman–Crippen MR) is 129 cm³/mol. The first-order chi connectivity index (χ1) is 13.6. The lowest BCUT2D eigenvalue weighted by Gasteiger charge is -2.34. The fourth-order valence-electron chi connectivity index (χ4n) is 3.48. The molecule has 0 radical (unpaired) electrons. The summed E-state index contributed by atoms with van der Waals surface area (Å²) in [5, 5.41) is 9.44. The molecule has 0 saturated carbocycles. The Balaban J connectivity index is 0. The smallest absolute Gasteiger partial charge is 0.220 e. The van der Waals surface area contributed by atoms with E-state index in [9.17, 15) is 4.79 Å². The van der Waals surface area contributed by atoms with E-state index in [4.69, 9.17) is 9.47 Å². The van der Waals surface area contributed by atoms with E-state index in [0.717, 1.165) is 19.4 Å². The lowest BCUT2D eigenvalue weighted by atomic mass is 9.77. The van der Waals surface area contributed by atoms with Crippen LogP contribution in [0.15, 0.2) is 0 Å². The first-order valence-electron chi connectivity index (χ1n) is 11.5. The molecular weight excluding hydrogens is 378 g/mol. The Bertz CT molecular complexity index is 461. The molecule has 0 rings (SSSR count). The number of likely N-dealkylation sites (N-methyl/N-ethyl adjacent to an activating group) is 1. The zero-order valence-corrected chi connectivity index (χ0v) is 22.2. The van der Waals surface area contributed by atoms with E-state index in [1.807, 2.05) is 27.9 Å². The van der Waals surface area contributed by atoms with Gasteiger partial charge in [-0.25, -0.2) is 0 Å². The number of carbonyl (C=O) groups excluding carboxylic acids is 1. The number of nitrogens with one attached hydrogen (secondary N) is 3. The largest absolute Gasteiger partial charge is 0.374 e. The van der Waals surface area contributed by atoms with Crippen LogP contribution in [0.2, 0.25) is 0 Å². The molecule has 0 aliphatic rings. The number of hydrogen-bond acceptors (Lipinski definition) is 5. The van der Waals surface area contributed by atoms with Crippen LogP contribution in [0.5, 0.6) is 0 Å². The molecule has 0 bridgehead atoms. The number of carbonyl (C=O) groups is 1. The van der Waals surface area contributed by atoms with Gasteiger partial charge >= 0.3 is 0 Å². The number of ether oxygens (including phenoxy) is 2. The summed E-state index contributed by atoms with van der Waals surface area (Å²) in [6, 6.07) is 0. The molecule has 3 N–H and O–H groups in total. The van der Waals surface area contributed by atoms with Crippen LogP contribution < -0.4 is 16.0 Å². The van der Waals surface area contributed by atoms with Crippen molar-refractivity contribution in [1.82, 2.24) is 16.0 Å². The fraction of sp³-hybridized carbons (Fsp3) is 0.958. The van der Waals surface area contributed by atoms with Gasteiger partial charge in [-0.15, -0.1) is 0 Å². The third-order valence-corrected chi connectivity index (χ3v) is 4.95. The van der Waals surface area contributed by atoms with Crippen LogP contribution in [0.4, 0.5) is 0 Å². The fourth-order valence-corrected chi connectivity index (χ4v) is 3.48. The van der Waals surface area contributed by atoms with E-state index in [2.05, 4.69) is 71.3 Å². The third kappa shape index (κ3) is 17.0. The van der Waals surface area contributed by atoms with Crippen LogP contribution in [0.1, 0.15) is 88.5 Å². The molecule has 0 aliphatic carbocycles. The van der Waals surface area contributed by atoms with E-state index < -0.39 is 0 Å². The molecular formula is C24H53N3O3. The molecule has 0 aliphatic heterocycles. The highest BCUT2D eigenvalue weighted by molar-refractivity contribution is 5.76. The number of amides is 1. The zero-order valence-electron chi connectivity index (χ0n) is 22.2. The molecule has 6 nitrogen and oxygen atoms in total. The van der Waals surface area contributed by atoms with Crippen LogP contribution in [-0.2, 0) is 14.3 Å². The van der Waals surface area contributed by atoms with E-state index in [1.54, 1.807) is 0 Å². The first-order valence-corrected chi connectivity index (χ1v) is 11.5. The van der Waals surface area contributed by atoms with Crippen molar-refractivity contribution >= 4 is 5.91 Å². The first kappa shape index (κ1) is 31.5. The second-order valence-electron chi connectivity index (χ2n) is 10.5. The van der Waals surface area contributed by atoms with Gasteiger partial charge in [-0.1, -0.05) is 27.7 Å². The van der Waals surface area contributed by atoms with Crippen molar-refractivity contribution < 1.29 is 14.3 Å². The van der Waals surface area contributed by atoms with Crippen LogP contribution >= 0.6 is 0 Å². The van der Waals surface area contributed by atoms with Crippen LogP contribution in [0.3, 0.4) is 0 Å². The van der Waals surface area contributed by atoms with Gasteiger partial charge < -0.3 is 25.4 Å². The van der Waals surface area contributed by atoms with Crippen LogP contribution in [0.25, 0.3) is 0 Å². The molecule has 30 heavy (non-hydrogen) atoms. The van der Waals surface area contributed by atoms with Gasteiger partial charge in [0.2, 0.25) is 5.91 Å². The summed E-state index contributed by atoms with van der Waals surface area (Å²) in [7, 11) is 3.89. The average molecular weight is 432 g/mol. The highest BCUT2D eigenvalue weighted by atomic mass is 16.5. The van der Waals surface area contributed by atoms with Crippen LogP contribution in [-0.4, -0.2) is 63.0 Å². The highest BCUT2D eigenvalue weighted by Gasteiger charge is 2.29. The highest BCUT2D eigenvalue weighted by Crippen LogP contribution is 2.31. The summed E-state index contributed by atoms with van der Waals surface area (Å²) < 4.78 is 11.9. The van der Waals surface area contributed by atoms with E-state index in [0.29, 0.717) is 26.2 Å². The molecule has 0 saturated heterocycles. The van der Waals surface area contributed by atoms with Gasteiger partial charge in [0.15, 0.2) is 0 Å². The molecule has 182 valence electrons. The molecule has 1 amide bonds. The van der Waals surface area contributed by atoms with Gasteiger partial charge in [0.05, 0.1) is 24.4 Å². The molecule has 0 aromatic rings. The van der Waals surface area contributed by atoms with Gasteiger partial charge in [0.1, 0.15) is 0 Å². The maximum absolute atomic E-state index is 12.3. The molecule has 0 fully saturated rings. The minimum atomic E-state index is -0.281. The van der Waals surface area contributed by atoms with Crippen molar-refractivity contribution in [2.24, 2.45) is 5.41 Å². The monoisotopic (exact) mass is 431 g/mol. The summed E-state index contributed by atoms with van der Waals surface area (Å²) >= 11 is 0. The molecule has 0 unspecified atom stereocenters. The quantitative estimate of drug-likeness (QED) is 0.340. The Kier molecular flexibility index (Phi) is 15.1. The summed E-state index contributed by atoms with van der Waals surface area (Å²) in [6.07, 6.45) is 2.24. The standard InChI is InChI=1S/C22H47N3O3.C2H6/c1-19(2,16-20(3,4)24-10)15-18(26)25-12-14-28-21(5,6)11-13-27-22(7,8)17-23-9;1-2/h23-24H,11-17H2,1-10H3,(H,25,26);1-2H3. The Hall–Kier alpha value is -0.690. The van der Waals surface area contributed by atoms with Gasteiger partial charge in [-0.2, -0.15) is 0 Å². The van der Waals surface area contributed by atoms with Gasteiger partial charge in [-0.3, -0.25) is 4.79 Å². The van der Waals surface area contributed by atoms with E-state index in [-0.39, 0.29) is 28.1 Å². The second-order valence-corrected chi connectivity index (χ2v) is 10.5. The Labute approximate surface area is 187 Å². The van der Waals surface area contributed by atoms with Crippen molar-refractivity contribution in [3.8, 4) is 0 Å². The third-order valence-electron chi connectivity index (χ3n) is 4.95. The second kappa shape index (κ2) is 14.4. The molecule has 0 spiro atoms. The summed E-state index contributed by atoms with van der Waals surface area (Å²) in [6.45, 7) is 23.4. The molecule has 0 aromatic carbocycles. The topological polar surface area (TPSA) is 71.6 Å². The van der Waals surface area contributed by atoms with Crippen molar-refractivity contribution in [3.05, 3.63) is 0 Å². The van der Waals surface area contributed by atoms with Crippen molar-refractivity contribution in [3.63, 3.8) is 0 Å². The Morgan fingerprint density at radius 3 is 1.87 bits per heavy atom. The van der Waals surface area contributed by atoms with Crippen molar-refractivity contribution in [2.45, 2.75) is 105 Å². The van der Waals surface area contributed by atoms with Gasteiger partial charge in [0.25, 0.3) is 0 Å². The lowest BCUT2D eigenvalue weighted by Crippen LogP contribution is -2.42. The Morgan fingerprint density at radius 1 is 0.833 bits per heavy atom. The molecule has 0 aromatic heterocycles. The predicted octanol–water partition coefficient (Wildman–Crippen LogP) is 4.13. The van der Waals surface area contributed by atoms with Crippen molar-refractivity contribution in [1.29, 1.82) is 0 Å². The minimum Gasteiger partial charge on any atom is -0.374 e. The van der Waals surface area contributed by atoms with Crippen LogP contribution in [0, 0.1) is 5.41 Å². The maximum atomic E-state index is 12.3. The van der Waals surface area contributed by atoms with Gasteiger partial charge in [-0.05, 0) is 73.9 Å². The summed E-state index contributed by atoms with van der Waals surface area (Å²) in [4.78, 5) is 12.3. The molecule has 0 atom stereocenters. The SMILES string of the molecule is CC.CNCC(C)(C)OCCC(C)(C)OCCNC(=O)CC(C)(C)CC(C)(C)NC. The zero-order chi connectivity index (χ0) is 24.1. The minimum absolute atomic E-state index is 0.0146. The molecule has 6 heteroatoms. The summed E-state index contributed by atoms with van der Waals surface area (Å²) in [5.41, 5.74) is -0.515. The Morgan fingerprint density at radius 2 is 1.37 bits per heavy atom. The number of rotatable bonds is 15. The van der Waals surface area contributed by atoms with Crippen molar-refractivity contribution in [2.75, 3.05) is 40.4 Å². The normalized spacial score (nSPS) is 12.9. The average Bonchev–Trinajstić information content (AvgIpc) is 2.58. The van der Waals surface area contributed by atoms with Gasteiger partial charge in [0, 0.05) is 25.0 Å². The van der Waals surface area contributed by atoms with E-state index in [1.165, 1.54) is 0 Å². The number of hydrogen-bond donors (Lipinski definition) is 3. The van der Waals surface area contributed by atoms with E-state index >= 15 is 0 Å². The summed E-state index contributed by atoms with van der Waals surface area (Å²) in [5.74, 6) is 0.0791. The molecule has 0 heterocycles.